The summed E-state index contributed by atoms with van der Waals surface area (Å²) in [6.07, 6.45) is 3.51. The van der Waals surface area contributed by atoms with E-state index in [-0.39, 0.29) is 6.42 Å². The molecule has 0 heterocycles. The molecule has 0 saturated heterocycles. The van der Waals surface area contributed by atoms with Crippen molar-refractivity contribution in [1.29, 1.82) is 0 Å². The van der Waals surface area contributed by atoms with Crippen LogP contribution in [0.25, 0.3) is 5.57 Å². The molecule has 1 aromatic rings. The van der Waals surface area contributed by atoms with Crippen molar-refractivity contribution < 1.29 is 14.9 Å². The molecule has 16 heavy (non-hydrogen) atoms. The highest BCUT2D eigenvalue weighted by Crippen LogP contribution is 2.34. The van der Waals surface area contributed by atoms with E-state index in [1.54, 1.807) is 12.2 Å². The largest absolute Gasteiger partial charge is 0.501 e. The third-order valence-electron chi connectivity index (χ3n) is 2.63. The molecule has 1 aliphatic rings. The van der Waals surface area contributed by atoms with Gasteiger partial charge in [0.05, 0.1) is 13.5 Å². The number of rotatable bonds is 2. The van der Waals surface area contributed by atoms with E-state index in [0.717, 1.165) is 5.56 Å². The first kappa shape index (κ1) is 10.9. The van der Waals surface area contributed by atoms with Crippen LogP contribution in [-0.4, -0.2) is 23.1 Å². The lowest BCUT2D eigenvalue weighted by Gasteiger charge is -2.28. The van der Waals surface area contributed by atoms with E-state index in [2.05, 4.69) is 0 Å². The van der Waals surface area contributed by atoms with Gasteiger partial charge in [0, 0.05) is 5.57 Å². The van der Waals surface area contributed by atoms with E-state index in [9.17, 15) is 10.2 Å². The minimum Gasteiger partial charge on any atom is -0.501 e. The van der Waals surface area contributed by atoms with Crippen molar-refractivity contribution in [2.75, 3.05) is 7.11 Å². The zero-order valence-electron chi connectivity index (χ0n) is 9.05. The Morgan fingerprint density at radius 2 is 1.81 bits per heavy atom. The standard InChI is InChI=1S/C13H14O3/c1-16-11-7-8-12(13(14,15)9-11)10-5-3-2-4-6-10/h2-8,14-15H,9H2,1H3. The molecule has 0 amide bonds. The van der Waals surface area contributed by atoms with Crippen molar-refractivity contribution in [3.05, 3.63) is 53.8 Å². The van der Waals surface area contributed by atoms with Gasteiger partial charge in [-0.2, -0.15) is 0 Å². The fourth-order valence-corrected chi connectivity index (χ4v) is 1.79. The van der Waals surface area contributed by atoms with Crippen LogP contribution in [-0.2, 0) is 4.74 Å². The predicted octanol–water partition coefficient (Wildman–Crippen LogP) is 1.68. The van der Waals surface area contributed by atoms with Gasteiger partial charge in [-0.25, -0.2) is 0 Å². The maximum atomic E-state index is 9.96. The fraction of sp³-hybridized carbons (Fsp3) is 0.231. The van der Waals surface area contributed by atoms with Crippen molar-refractivity contribution >= 4 is 5.57 Å². The Morgan fingerprint density at radius 3 is 2.38 bits per heavy atom. The molecule has 1 aromatic carbocycles. The van der Waals surface area contributed by atoms with Crippen molar-refractivity contribution in [2.45, 2.75) is 12.2 Å². The van der Waals surface area contributed by atoms with Crippen molar-refractivity contribution in [1.82, 2.24) is 0 Å². The Labute approximate surface area is 94.3 Å². The van der Waals surface area contributed by atoms with E-state index in [0.29, 0.717) is 11.3 Å². The number of hydrogen-bond donors (Lipinski definition) is 2. The van der Waals surface area contributed by atoms with Gasteiger partial charge in [-0.05, 0) is 17.7 Å². The molecule has 0 unspecified atom stereocenters. The molecular weight excluding hydrogens is 204 g/mol. The minimum absolute atomic E-state index is 0.0736. The van der Waals surface area contributed by atoms with E-state index in [1.807, 2.05) is 30.3 Å². The number of methoxy groups -OCH3 is 1. The second kappa shape index (κ2) is 4.12. The molecule has 0 atom stereocenters. The quantitative estimate of drug-likeness (QED) is 0.742. The first-order valence-corrected chi connectivity index (χ1v) is 5.09. The average molecular weight is 218 g/mol. The Bertz CT molecular complexity index is 430. The lowest BCUT2D eigenvalue weighted by atomic mass is 9.91. The average Bonchev–Trinajstić information content (AvgIpc) is 2.28. The highest BCUT2D eigenvalue weighted by molar-refractivity contribution is 5.73. The summed E-state index contributed by atoms with van der Waals surface area (Å²) in [7, 11) is 1.52. The fourth-order valence-electron chi connectivity index (χ4n) is 1.79. The molecule has 3 heteroatoms. The number of allylic oxidation sites excluding steroid dienone is 2. The summed E-state index contributed by atoms with van der Waals surface area (Å²) in [5.74, 6) is -1.30. The molecule has 2 rings (SSSR count). The van der Waals surface area contributed by atoms with Crippen LogP contribution in [0.5, 0.6) is 0 Å². The topological polar surface area (TPSA) is 49.7 Å². The van der Waals surface area contributed by atoms with Crippen LogP contribution in [0.4, 0.5) is 0 Å². The number of ether oxygens (including phenoxy) is 1. The monoisotopic (exact) mass is 218 g/mol. The van der Waals surface area contributed by atoms with Crippen LogP contribution < -0.4 is 0 Å². The van der Waals surface area contributed by atoms with E-state index < -0.39 is 5.79 Å². The second-order valence-electron chi connectivity index (χ2n) is 3.78. The molecule has 84 valence electrons. The van der Waals surface area contributed by atoms with Gasteiger partial charge in [-0.15, -0.1) is 0 Å². The zero-order valence-corrected chi connectivity index (χ0v) is 9.05. The van der Waals surface area contributed by atoms with Gasteiger partial charge in [0.15, 0.2) is 5.79 Å². The summed E-state index contributed by atoms with van der Waals surface area (Å²) in [4.78, 5) is 0. The van der Waals surface area contributed by atoms with Crippen molar-refractivity contribution in [2.24, 2.45) is 0 Å². The number of hydrogen-bond acceptors (Lipinski definition) is 3. The van der Waals surface area contributed by atoms with E-state index in [1.165, 1.54) is 7.11 Å². The first-order chi connectivity index (χ1) is 7.63. The summed E-state index contributed by atoms with van der Waals surface area (Å²) in [6, 6.07) is 9.31. The molecule has 3 nitrogen and oxygen atoms in total. The van der Waals surface area contributed by atoms with E-state index >= 15 is 0 Å². The Hall–Kier alpha value is -1.58. The predicted molar refractivity (Wildman–Crippen MR) is 61.3 cm³/mol. The van der Waals surface area contributed by atoms with Crippen LogP contribution >= 0.6 is 0 Å². The molecular formula is C13H14O3. The van der Waals surface area contributed by atoms with Crippen LogP contribution in [0.1, 0.15) is 12.0 Å². The van der Waals surface area contributed by atoms with Crippen molar-refractivity contribution in [3.63, 3.8) is 0 Å². The molecule has 0 aliphatic heterocycles. The molecule has 0 radical (unpaired) electrons. The molecule has 0 spiro atoms. The van der Waals surface area contributed by atoms with Gasteiger partial charge in [-0.3, -0.25) is 0 Å². The summed E-state index contributed by atoms with van der Waals surface area (Å²) < 4.78 is 5.01. The summed E-state index contributed by atoms with van der Waals surface area (Å²) in [6.45, 7) is 0. The maximum absolute atomic E-state index is 9.96. The zero-order chi connectivity index (χ0) is 11.6. The van der Waals surface area contributed by atoms with Crippen LogP contribution in [0.15, 0.2) is 48.2 Å². The first-order valence-electron chi connectivity index (χ1n) is 5.09. The van der Waals surface area contributed by atoms with Gasteiger partial charge in [0.25, 0.3) is 0 Å². The molecule has 2 N–H and O–H groups in total. The second-order valence-corrected chi connectivity index (χ2v) is 3.78. The molecule has 0 aromatic heterocycles. The van der Waals surface area contributed by atoms with Gasteiger partial charge >= 0.3 is 0 Å². The van der Waals surface area contributed by atoms with Gasteiger partial charge in [0.1, 0.15) is 5.76 Å². The van der Waals surface area contributed by atoms with Crippen LogP contribution in [0, 0.1) is 0 Å². The van der Waals surface area contributed by atoms with E-state index in [4.69, 9.17) is 4.74 Å². The molecule has 0 bridgehead atoms. The molecule has 0 saturated carbocycles. The Morgan fingerprint density at radius 1 is 1.12 bits per heavy atom. The summed E-state index contributed by atoms with van der Waals surface area (Å²) in [5, 5.41) is 19.9. The lowest BCUT2D eigenvalue weighted by Crippen LogP contribution is -2.32. The van der Waals surface area contributed by atoms with Crippen LogP contribution in [0.2, 0.25) is 0 Å². The Balaban J connectivity index is 2.41. The molecule has 0 fully saturated rings. The summed E-state index contributed by atoms with van der Waals surface area (Å²) >= 11 is 0. The van der Waals surface area contributed by atoms with Gasteiger partial charge < -0.3 is 14.9 Å². The lowest BCUT2D eigenvalue weighted by molar-refractivity contribution is -0.113. The van der Waals surface area contributed by atoms with Crippen LogP contribution in [0.3, 0.4) is 0 Å². The highest BCUT2D eigenvalue weighted by Gasteiger charge is 2.33. The normalized spacial score (nSPS) is 18.7. The van der Waals surface area contributed by atoms with Crippen molar-refractivity contribution in [3.8, 4) is 0 Å². The SMILES string of the molecule is COC1=CC=C(c2ccccc2)C(O)(O)C1. The maximum Gasteiger partial charge on any atom is 0.197 e. The Kier molecular flexibility index (Phi) is 2.81. The van der Waals surface area contributed by atoms with Gasteiger partial charge in [-0.1, -0.05) is 30.3 Å². The molecule has 1 aliphatic carbocycles. The summed E-state index contributed by atoms with van der Waals surface area (Å²) in [5.41, 5.74) is 1.30. The number of aliphatic hydroxyl groups is 2. The smallest absolute Gasteiger partial charge is 0.197 e. The third kappa shape index (κ3) is 2.01. The van der Waals surface area contributed by atoms with Gasteiger partial charge in [0.2, 0.25) is 0 Å². The highest BCUT2D eigenvalue weighted by atomic mass is 16.5. The third-order valence-corrected chi connectivity index (χ3v) is 2.63. The number of benzene rings is 1. The minimum atomic E-state index is -1.86.